The molecule has 0 saturated heterocycles. The van der Waals surface area contributed by atoms with Crippen molar-refractivity contribution in [2.75, 3.05) is 7.11 Å². The van der Waals surface area contributed by atoms with E-state index < -0.39 is 0 Å². The lowest BCUT2D eigenvalue weighted by molar-refractivity contribution is -0.124. The number of hydrogen-bond acceptors (Lipinski definition) is 4. The van der Waals surface area contributed by atoms with E-state index >= 15 is 0 Å². The summed E-state index contributed by atoms with van der Waals surface area (Å²) in [5.74, 6) is -0.837. The zero-order valence-corrected chi connectivity index (χ0v) is 10.8. The molecule has 0 saturated carbocycles. The number of rotatable bonds is 2. The molecule has 2 aliphatic carbocycles. The van der Waals surface area contributed by atoms with Crippen molar-refractivity contribution in [3.8, 4) is 0 Å². The van der Waals surface area contributed by atoms with Gasteiger partial charge < -0.3 is 4.74 Å². The molecular formula is C14H16O4. The summed E-state index contributed by atoms with van der Waals surface area (Å²) in [5.41, 5.74) is 0.782. The van der Waals surface area contributed by atoms with Gasteiger partial charge in [0.25, 0.3) is 0 Å². The van der Waals surface area contributed by atoms with Gasteiger partial charge in [-0.2, -0.15) is 0 Å². The summed E-state index contributed by atoms with van der Waals surface area (Å²) in [6.45, 7) is 3.64. The van der Waals surface area contributed by atoms with Gasteiger partial charge in [-0.15, -0.1) is 0 Å². The van der Waals surface area contributed by atoms with Gasteiger partial charge in [-0.25, -0.2) is 0 Å². The first-order chi connectivity index (χ1) is 8.49. The molecule has 4 nitrogen and oxygen atoms in total. The number of hydrogen-bond donors (Lipinski definition) is 0. The Kier molecular flexibility index (Phi) is 3.20. The molecule has 4 heteroatoms. The van der Waals surface area contributed by atoms with Gasteiger partial charge in [-0.3, -0.25) is 14.4 Å². The number of carbonyl (C=O) groups is 3. The van der Waals surface area contributed by atoms with Crippen molar-refractivity contribution in [3.05, 3.63) is 22.5 Å². The fraction of sp³-hybridized carbons (Fsp3) is 0.500. The molecule has 0 unspecified atom stereocenters. The van der Waals surface area contributed by atoms with Crippen molar-refractivity contribution >= 4 is 17.3 Å². The summed E-state index contributed by atoms with van der Waals surface area (Å²) < 4.78 is 5.10. The highest BCUT2D eigenvalue weighted by molar-refractivity contribution is 6.35. The quantitative estimate of drug-likeness (QED) is 0.551. The number of carbonyl (C=O) groups excluding carboxylic acids is 3. The standard InChI is InChI=1S/C14H16O4/c1-7(2)10-13(17)11-8(5-4-6-9(11)15)12(16)14(10)18-3/h7H,4-6H2,1-3H3. The van der Waals surface area contributed by atoms with E-state index in [4.69, 9.17) is 4.74 Å². The molecule has 0 aromatic heterocycles. The molecule has 0 aliphatic heterocycles. The molecule has 0 N–H and O–H groups in total. The third kappa shape index (κ3) is 1.72. The topological polar surface area (TPSA) is 60.4 Å². The Morgan fingerprint density at radius 1 is 1.06 bits per heavy atom. The molecule has 2 rings (SSSR count). The van der Waals surface area contributed by atoms with Crippen LogP contribution in [0.2, 0.25) is 0 Å². The average Bonchev–Trinajstić information content (AvgIpc) is 2.32. The molecule has 0 aromatic rings. The highest BCUT2D eigenvalue weighted by Crippen LogP contribution is 2.35. The molecule has 0 radical (unpaired) electrons. The molecule has 96 valence electrons. The van der Waals surface area contributed by atoms with E-state index in [2.05, 4.69) is 0 Å². The van der Waals surface area contributed by atoms with Gasteiger partial charge in [0.2, 0.25) is 5.78 Å². The largest absolute Gasteiger partial charge is 0.492 e. The first-order valence-electron chi connectivity index (χ1n) is 6.13. The monoisotopic (exact) mass is 248 g/mol. The van der Waals surface area contributed by atoms with E-state index in [1.807, 2.05) is 13.8 Å². The second-order valence-electron chi connectivity index (χ2n) is 4.89. The third-order valence-corrected chi connectivity index (χ3v) is 3.39. The van der Waals surface area contributed by atoms with Crippen molar-refractivity contribution < 1.29 is 19.1 Å². The summed E-state index contributed by atoms with van der Waals surface area (Å²) >= 11 is 0. The Bertz CT molecular complexity index is 506. The van der Waals surface area contributed by atoms with Gasteiger partial charge in [0.15, 0.2) is 17.3 Å². The van der Waals surface area contributed by atoms with E-state index in [1.54, 1.807) is 0 Å². The fourth-order valence-electron chi connectivity index (χ4n) is 2.56. The van der Waals surface area contributed by atoms with Gasteiger partial charge in [0.1, 0.15) is 0 Å². The molecule has 0 aromatic carbocycles. The third-order valence-electron chi connectivity index (χ3n) is 3.39. The Labute approximate surface area is 106 Å². The Morgan fingerprint density at radius 3 is 2.28 bits per heavy atom. The first kappa shape index (κ1) is 12.7. The molecule has 0 bridgehead atoms. The normalized spacial score (nSPS) is 20.8. The highest BCUT2D eigenvalue weighted by Gasteiger charge is 2.40. The molecular weight excluding hydrogens is 232 g/mol. The minimum absolute atomic E-state index is 0.107. The van der Waals surface area contributed by atoms with Crippen LogP contribution in [0.1, 0.15) is 33.1 Å². The van der Waals surface area contributed by atoms with Crippen molar-refractivity contribution in [1.82, 2.24) is 0 Å². The van der Waals surface area contributed by atoms with Crippen LogP contribution >= 0.6 is 0 Å². The second-order valence-corrected chi connectivity index (χ2v) is 4.89. The van der Waals surface area contributed by atoms with E-state index in [-0.39, 0.29) is 34.6 Å². The summed E-state index contributed by atoms with van der Waals surface area (Å²) in [4.78, 5) is 36.5. The lowest BCUT2D eigenvalue weighted by atomic mass is 9.77. The van der Waals surface area contributed by atoms with Crippen molar-refractivity contribution in [2.24, 2.45) is 5.92 Å². The summed E-state index contributed by atoms with van der Waals surface area (Å²) in [7, 11) is 1.39. The van der Waals surface area contributed by atoms with Crippen LogP contribution in [0.5, 0.6) is 0 Å². The van der Waals surface area contributed by atoms with Crippen LogP contribution in [-0.2, 0) is 19.1 Å². The number of Topliss-reactive ketones (excluding diaryl/α,β-unsaturated/α-hetero) is 3. The predicted molar refractivity (Wildman–Crippen MR) is 64.8 cm³/mol. The van der Waals surface area contributed by atoms with E-state index in [9.17, 15) is 14.4 Å². The molecule has 2 aliphatic rings. The van der Waals surface area contributed by atoms with Crippen molar-refractivity contribution in [1.29, 1.82) is 0 Å². The molecule has 0 spiro atoms. The summed E-state index contributed by atoms with van der Waals surface area (Å²) in [6.07, 6.45) is 1.47. The summed E-state index contributed by atoms with van der Waals surface area (Å²) in [5, 5.41) is 0. The minimum atomic E-state index is -0.318. The van der Waals surface area contributed by atoms with Crippen LogP contribution in [0.15, 0.2) is 22.5 Å². The molecule has 0 atom stereocenters. The van der Waals surface area contributed by atoms with Gasteiger partial charge in [-0.05, 0) is 18.8 Å². The second kappa shape index (κ2) is 4.52. The maximum atomic E-state index is 12.4. The molecule has 0 fully saturated rings. The van der Waals surface area contributed by atoms with Crippen molar-refractivity contribution in [3.63, 3.8) is 0 Å². The Hall–Kier alpha value is -1.71. The van der Waals surface area contributed by atoms with Gasteiger partial charge in [0, 0.05) is 17.6 Å². The van der Waals surface area contributed by atoms with Crippen LogP contribution < -0.4 is 0 Å². The lowest BCUT2D eigenvalue weighted by Crippen LogP contribution is -2.32. The van der Waals surface area contributed by atoms with E-state index in [0.717, 1.165) is 0 Å². The van der Waals surface area contributed by atoms with Crippen LogP contribution in [0.4, 0.5) is 0 Å². The maximum absolute atomic E-state index is 12.4. The number of allylic oxidation sites excluding steroid dienone is 3. The van der Waals surface area contributed by atoms with Gasteiger partial charge >= 0.3 is 0 Å². The zero-order chi connectivity index (χ0) is 13.4. The lowest BCUT2D eigenvalue weighted by Gasteiger charge is -2.26. The number of methoxy groups -OCH3 is 1. The average molecular weight is 248 g/mol. The van der Waals surface area contributed by atoms with E-state index in [0.29, 0.717) is 30.4 Å². The Morgan fingerprint density at radius 2 is 1.72 bits per heavy atom. The van der Waals surface area contributed by atoms with E-state index in [1.165, 1.54) is 7.11 Å². The predicted octanol–water partition coefficient (Wildman–Crippen LogP) is 1.74. The minimum Gasteiger partial charge on any atom is -0.492 e. The molecule has 0 heterocycles. The molecule has 18 heavy (non-hydrogen) atoms. The number of ether oxygens (including phenoxy) is 1. The SMILES string of the molecule is COC1=C(C(C)C)C(=O)C2=C(CCCC2=O)C1=O. The summed E-state index contributed by atoms with van der Waals surface area (Å²) in [6, 6.07) is 0. The van der Waals surface area contributed by atoms with Gasteiger partial charge in [0.05, 0.1) is 12.7 Å². The highest BCUT2D eigenvalue weighted by atomic mass is 16.5. The smallest absolute Gasteiger partial charge is 0.224 e. The van der Waals surface area contributed by atoms with Crippen molar-refractivity contribution in [2.45, 2.75) is 33.1 Å². The molecule has 0 amide bonds. The van der Waals surface area contributed by atoms with Crippen LogP contribution in [0, 0.1) is 5.92 Å². The van der Waals surface area contributed by atoms with Gasteiger partial charge in [-0.1, -0.05) is 13.8 Å². The maximum Gasteiger partial charge on any atom is 0.224 e. The first-order valence-corrected chi connectivity index (χ1v) is 6.13. The van der Waals surface area contributed by atoms with Crippen LogP contribution in [0.25, 0.3) is 0 Å². The zero-order valence-electron chi connectivity index (χ0n) is 10.8. The van der Waals surface area contributed by atoms with Crippen LogP contribution in [-0.4, -0.2) is 24.5 Å². The van der Waals surface area contributed by atoms with Crippen LogP contribution in [0.3, 0.4) is 0 Å². The fourth-order valence-corrected chi connectivity index (χ4v) is 2.56. The Balaban J connectivity index is 2.61. The number of ketones is 3.